The Morgan fingerprint density at radius 1 is 1.25 bits per heavy atom. The Balaban J connectivity index is 2.05. The van der Waals surface area contributed by atoms with E-state index in [0.29, 0.717) is 11.3 Å². The molecule has 1 N–H and O–H groups in total. The van der Waals surface area contributed by atoms with Crippen LogP contribution in [0.3, 0.4) is 0 Å². The van der Waals surface area contributed by atoms with E-state index in [9.17, 15) is 4.79 Å². The molecule has 0 saturated carbocycles. The first-order valence-corrected chi connectivity index (χ1v) is 6.49. The highest BCUT2D eigenvalue weighted by Crippen LogP contribution is 2.12. The Hall–Kier alpha value is -2.67. The third-order valence-electron chi connectivity index (χ3n) is 2.89. The number of hydrogen-bond donors (Lipinski definition) is 1. The SMILES string of the molecule is CCCc1ccc(NC(=O)c2ccc(C#N)nc2)cc1. The molecular weight excluding hydrogens is 250 g/mol. The first kappa shape index (κ1) is 13.8. The van der Waals surface area contributed by atoms with E-state index in [1.807, 2.05) is 30.3 Å². The summed E-state index contributed by atoms with van der Waals surface area (Å²) < 4.78 is 0. The van der Waals surface area contributed by atoms with E-state index in [1.165, 1.54) is 17.8 Å². The lowest BCUT2D eigenvalue weighted by Crippen LogP contribution is -2.12. The molecule has 0 spiro atoms. The van der Waals surface area contributed by atoms with Crippen LogP contribution in [0.2, 0.25) is 0 Å². The van der Waals surface area contributed by atoms with Crippen molar-refractivity contribution in [3.8, 4) is 6.07 Å². The van der Waals surface area contributed by atoms with E-state index in [-0.39, 0.29) is 5.91 Å². The van der Waals surface area contributed by atoms with Gasteiger partial charge < -0.3 is 5.32 Å². The number of anilines is 1. The van der Waals surface area contributed by atoms with Crippen LogP contribution >= 0.6 is 0 Å². The highest BCUT2D eigenvalue weighted by Gasteiger charge is 2.06. The number of pyridine rings is 1. The summed E-state index contributed by atoms with van der Waals surface area (Å²) >= 11 is 0. The zero-order valence-electron chi connectivity index (χ0n) is 11.3. The van der Waals surface area contributed by atoms with Crippen LogP contribution in [0.25, 0.3) is 0 Å². The van der Waals surface area contributed by atoms with Gasteiger partial charge in [0.25, 0.3) is 5.91 Å². The van der Waals surface area contributed by atoms with E-state index < -0.39 is 0 Å². The molecule has 0 bridgehead atoms. The molecule has 1 aromatic heterocycles. The Morgan fingerprint density at radius 2 is 2.00 bits per heavy atom. The largest absolute Gasteiger partial charge is 0.322 e. The molecule has 0 aliphatic carbocycles. The van der Waals surface area contributed by atoms with Gasteiger partial charge in [-0.3, -0.25) is 4.79 Å². The molecule has 1 heterocycles. The molecule has 4 heteroatoms. The molecule has 0 fully saturated rings. The molecule has 2 aromatic rings. The van der Waals surface area contributed by atoms with E-state index in [4.69, 9.17) is 5.26 Å². The number of aryl methyl sites for hydroxylation is 1. The van der Waals surface area contributed by atoms with E-state index >= 15 is 0 Å². The maximum absolute atomic E-state index is 12.0. The van der Waals surface area contributed by atoms with Crippen LogP contribution < -0.4 is 5.32 Å². The highest BCUT2D eigenvalue weighted by atomic mass is 16.1. The number of nitrogens with zero attached hydrogens (tertiary/aromatic N) is 2. The molecule has 4 nitrogen and oxygen atoms in total. The summed E-state index contributed by atoms with van der Waals surface area (Å²) in [6.07, 6.45) is 3.54. The number of hydrogen-bond acceptors (Lipinski definition) is 3. The predicted octanol–water partition coefficient (Wildman–Crippen LogP) is 3.16. The molecule has 0 aliphatic heterocycles. The summed E-state index contributed by atoms with van der Waals surface area (Å²) in [5, 5.41) is 11.5. The smallest absolute Gasteiger partial charge is 0.257 e. The average molecular weight is 265 g/mol. The maximum Gasteiger partial charge on any atom is 0.257 e. The fourth-order valence-electron chi connectivity index (χ4n) is 1.84. The number of benzene rings is 1. The molecule has 0 atom stereocenters. The second-order valence-corrected chi connectivity index (χ2v) is 4.44. The minimum atomic E-state index is -0.231. The van der Waals surface area contributed by atoms with Gasteiger partial charge in [0.2, 0.25) is 0 Å². The number of nitrogens with one attached hydrogen (secondary N) is 1. The zero-order valence-corrected chi connectivity index (χ0v) is 11.3. The quantitative estimate of drug-likeness (QED) is 0.923. The molecule has 0 saturated heterocycles. The number of aromatic nitrogens is 1. The van der Waals surface area contributed by atoms with Crippen molar-refractivity contribution in [2.24, 2.45) is 0 Å². The van der Waals surface area contributed by atoms with Gasteiger partial charge in [-0.05, 0) is 36.2 Å². The second-order valence-electron chi connectivity index (χ2n) is 4.44. The third kappa shape index (κ3) is 3.42. The van der Waals surface area contributed by atoms with Gasteiger partial charge in [-0.1, -0.05) is 25.5 Å². The van der Waals surface area contributed by atoms with Crippen molar-refractivity contribution in [2.45, 2.75) is 19.8 Å². The monoisotopic (exact) mass is 265 g/mol. The molecule has 0 radical (unpaired) electrons. The molecule has 20 heavy (non-hydrogen) atoms. The Kier molecular flexibility index (Phi) is 4.46. The Morgan fingerprint density at radius 3 is 2.55 bits per heavy atom. The van der Waals surface area contributed by atoms with Gasteiger partial charge in [-0.15, -0.1) is 0 Å². The van der Waals surface area contributed by atoms with Crippen molar-refractivity contribution >= 4 is 11.6 Å². The summed E-state index contributed by atoms with van der Waals surface area (Å²) in [6, 6.07) is 12.8. The number of carbonyl (C=O) groups is 1. The summed E-state index contributed by atoms with van der Waals surface area (Å²) in [6.45, 7) is 2.13. The number of carbonyl (C=O) groups excluding carboxylic acids is 1. The molecule has 0 aliphatic rings. The first-order chi connectivity index (χ1) is 9.72. The van der Waals surface area contributed by atoms with Crippen LogP contribution in [0.15, 0.2) is 42.6 Å². The van der Waals surface area contributed by atoms with Crippen molar-refractivity contribution in [3.05, 3.63) is 59.4 Å². The fraction of sp³-hybridized carbons (Fsp3) is 0.188. The molecule has 0 unspecified atom stereocenters. The molecule has 1 aromatic carbocycles. The van der Waals surface area contributed by atoms with Gasteiger partial charge >= 0.3 is 0 Å². The standard InChI is InChI=1S/C16H15N3O/c1-2-3-12-4-7-14(8-5-12)19-16(20)13-6-9-15(10-17)18-11-13/h4-9,11H,2-3H2,1H3,(H,19,20). The van der Waals surface area contributed by atoms with Gasteiger partial charge in [-0.25, -0.2) is 4.98 Å². The van der Waals surface area contributed by atoms with Gasteiger partial charge in [0.1, 0.15) is 11.8 Å². The number of rotatable bonds is 4. The lowest BCUT2D eigenvalue weighted by Gasteiger charge is -2.06. The normalized spacial score (nSPS) is 9.80. The summed E-state index contributed by atoms with van der Waals surface area (Å²) in [7, 11) is 0. The number of nitriles is 1. The van der Waals surface area contributed by atoms with Crippen LogP contribution in [0.1, 0.15) is 35.0 Å². The predicted molar refractivity (Wildman–Crippen MR) is 77.3 cm³/mol. The van der Waals surface area contributed by atoms with Gasteiger partial charge in [0.15, 0.2) is 0 Å². The van der Waals surface area contributed by atoms with Crippen LogP contribution in [-0.4, -0.2) is 10.9 Å². The Labute approximate surface area is 118 Å². The van der Waals surface area contributed by atoms with Crippen molar-refractivity contribution in [1.29, 1.82) is 5.26 Å². The fourth-order valence-corrected chi connectivity index (χ4v) is 1.84. The van der Waals surface area contributed by atoms with Crippen molar-refractivity contribution < 1.29 is 4.79 Å². The minimum absolute atomic E-state index is 0.231. The van der Waals surface area contributed by atoms with Crippen molar-refractivity contribution in [3.63, 3.8) is 0 Å². The lowest BCUT2D eigenvalue weighted by atomic mass is 10.1. The third-order valence-corrected chi connectivity index (χ3v) is 2.89. The minimum Gasteiger partial charge on any atom is -0.322 e. The Bertz CT molecular complexity index is 624. The number of amides is 1. The maximum atomic E-state index is 12.0. The topological polar surface area (TPSA) is 65.8 Å². The lowest BCUT2D eigenvalue weighted by molar-refractivity contribution is 0.102. The van der Waals surface area contributed by atoms with Crippen LogP contribution in [-0.2, 0) is 6.42 Å². The van der Waals surface area contributed by atoms with Crippen LogP contribution in [0, 0.1) is 11.3 Å². The zero-order chi connectivity index (χ0) is 14.4. The molecular formula is C16H15N3O. The van der Waals surface area contributed by atoms with Gasteiger partial charge in [0, 0.05) is 11.9 Å². The average Bonchev–Trinajstić information content (AvgIpc) is 2.49. The van der Waals surface area contributed by atoms with Gasteiger partial charge in [-0.2, -0.15) is 5.26 Å². The van der Waals surface area contributed by atoms with E-state index in [0.717, 1.165) is 18.5 Å². The van der Waals surface area contributed by atoms with Crippen LogP contribution in [0.5, 0.6) is 0 Å². The summed E-state index contributed by atoms with van der Waals surface area (Å²) in [4.78, 5) is 15.9. The molecule has 2 rings (SSSR count). The first-order valence-electron chi connectivity index (χ1n) is 6.49. The van der Waals surface area contributed by atoms with Crippen molar-refractivity contribution in [2.75, 3.05) is 5.32 Å². The van der Waals surface area contributed by atoms with E-state index in [1.54, 1.807) is 6.07 Å². The summed E-state index contributed by atoms with van der Waals surface area (Å²) in [5.41, 5.74) is 2.73. The highest BCUT2D eigenvalue weighted by molar-refractivity contribution is 6.04. The summed E-state index contributed by atoms with van der Waals surface area (Å²) in [5.74, 6) is -0.231. The molecule has 100 valence electrons. The van der Waals surface area contributed by atoms with Gasteiger partial charge in [0.05, 0.1) is 5.56 Å². The second kappa shape index (κ2) is 6.48. The molecule has 1 amide bonds. The van der Waals surface area contributed by atoms with E-state index in [2.05, 4.69) is 17.2 Å². The van der Waals surface area contributed by atoms with Crippen molar-refractivity contribution in [1.82, 2.24) is 4.98 Å². The van der Waals surface area contributed by atoms with Crippen LogP contribution in [0.4, 0.5) is 5.69 Å².